The molecule has 6 heteroatoms. The van der Waals surface area contributed by atoms with Crippen LogP contribution in [0, 0.1) is 5.92 Å². The van der Waals surface area contributed by atoms with Crippen molar-refractivity contribution in [2.45, 2.75) is 18.9 Å². The van der Waals surface area contributed by atoms with Gasteiger partial charge < -0.3 is 15.1 Å². The smallest absolute Gasteiger partial charge is 0.225 e. The molecule has 2 aromatic carbocycles. The van der Waals surface area contributed by atoms with Gasteiger partial charge >= 0.3 is 0 Å². The number of hydrogen-bond donors (Lipinski definition) is 2. The van der Waals surface area contributed by atoms with E-state index in [0.717, 1.165) is 42.6 Å². The molecule has 0 radical (unpaired) electrons. The van der Waals surface area contributed by atoms with E-state index in [1.54, 1.807) is 0 Å². The summed E-state index contributed by atoms with van der Waals surface area (Å²) in [5.74, 6) is 0.798. The first kappa shape index (κ1) is 18.7. The van der Waals surface area contributed by atoms with E-state index in [1.807, 2.05) is 48.5 Å². The topological polar surface area (TPSA) is 69.5 Å². The van der Waals surface area contributed by atoms with Crippen molar-refractivity contribution in [1.82, 2.24) is 9.97 Å². The van der Waals surface area contributed by atoms with Crippen molar-refractivity contribution in [1.29, 1.82) is 0 Å². The molecule has 3 aromatic rings. The molecule has 0 spiro atoms. The van der Waals surface area contributed by atoms with Crippen molar-refractivity contribution in [3.05, 3.63) is 71.5 Å². The zero-order chi connectivity index (χ0) is 19.5. The molecule has 0 saturated carbocycles. The molecule has 1 aromatic heterocycles. The Morgan fingerprint density at radius 2 is 1.64 bits per heavy atom. The second kappa shape index (κ2) is 8.17. The van der Waals surface area contributed by atoms with Gasteiger partial charge in [-0.25, -0.2) is 9.97 Å². The predicted octanol–water partition coefficient (Wildman–Crippen LogP) is 4.45. The van der Waals surface area contributed by atoms with Crippen molar-refractivity contribution in [2.75, 3.05) is 18.0 Å². The van der Waals surface area contributed by atoms with Crippen LogP contribution in [-0.2, 0) is 0 Å². The molecule has 1 aliphatic rings. The van der Waals surface area contributed by atoms with Crippen LogP contribution >= 0.6 is 11.6 Å². The molecular weight excluding hydrogens is 374 g/mol. The highest BCUT2D eigenvalue weighted by molar-refractivity contribution is 6.31. The van der Waals surface area contributed by atoms with Crippen molar-refractivity contribution in [3.63, 3.8) is 0 Å². The number of benzene rings is 2. The minimum Gasteiger partial charge on any atom is -0.505 e. The normalized spacial score (nSPS) is 16.1. The Kier molecular flexibility index (Phi) is 5.46. The molecule has 2 N–H and O–H groups in total. The highest BCUT2D eigenvalue weighted by atomic mass is 35.5. The molecule has 0 bridgehead atoms. The van der Waals surface area contributed by atoms with Gasteiger partial charge in [0, 0.05) is 18.1 Å². The largest absolute Gasteiger partial charge is 0.505 e. The number of aromatic nitrogens is 2. The number of hydrogen-bond acceptors (Lipinski definition) is 5. The molecule has 2 heterocycles. The number of aliphatic hydroxyl groups is 1. The summed E-state index contributed by atoms with van der Waals surface area (Å²) in [5.41, 5.74) is 2.93. The summed E-state index contributed by atoms with van der Waals surface area (Å²) < 4.78 is 0. The van der Waals surface area contributed by atoms with Crippen LogP contribution in [0.3, 0.4) is 0 Å². The monoisotopic (exact) mass is 395 g/mol. The van der Waals surface area contributed by atoms with Gasteiger partial charge in [0.1, 0.15) is 0 Å². The quantitative estimate of drug-likeness (QED) is 0.682. The zero-order valence-corrected chi connectivity index (χ0v) is 16.1. The third kappa shape index (κ3) is 3.96. The van der Waals surface area contributed by atoms with E-state index in [0.29, 0.717) is 11.0 Å². The van der Waals surface area contributed by atoms with Crippen molar-refractivity contribution in [2.24, 2.45) is 5.92 Å². The summed E-state index contributed by atoms with van der Waals surface area (Å²) in [6.45, 7) is 1.51. The highest BCUT2D eigenvalue weighted by Gasteiger charge is 2.28. The zero-order valence-electron chi connectivity index (χ0n) is 15.4. The SMILES string of the molecule is Oc1cnc(N2CCC([C@H](O)c3ccc(-c4ccccc4)cc3Cl)CC2)nc1. The third-order valence-electron chi connectivity index (χ3n) is 5.32. The minimum absolute atomic E-state index is 0.0580. The van der Waals surface area contributed by atoms with Crippen LogP contribution in [-0.4, -0.2) is 33.3 Å². The fraction of sp³-hybridized carbons (Fsp3) is 0.273. The summed E-state index contributed by atoms with van der Waals surface area (Å²) in [7, 11) is 0. The van der Waals surface area contributed by atoms with Gasteiger partial charge in [0.2, 0.25) is 5.95 Å². The maximum Gasteiger partial charge on any atom is 0.225 e. The molecule has 0 amide bonds. The predicted molar refractivity (Wildman–Crippen MR) is 110 cm³/mol. The van der Waals surface area contributed by atoms with Crippen molar-refractivity contribution < 1.29 is 10.2 Å². The molecular formula is C22H22ClN3O2. The van der Waals surface area contributed by atoms with E-state index in [9.17, 15) is 10.2 Å². The van der Waals surface area contributed by atoms with Gasteiger partial charge in [-0.1, -0.05) is 54.1 Å². The lowest BCUT2D eigenvalue weighted by Crippen LogP contribution is -2.36. The Morgan fingerprint density at radius 3 is 2.29 bits per heavy atom. The average Bonchev–Trinajstić information content (AvgIpc) is 2.74. The van der Waals surface area contributed by atoms with Crippen LogP contribution < -0.4 is 4.90 Å². The van der Waals surface area contributed by atoms with E-state index in [4.69, 9.17) is 11.6 Å². The molecule has 28 heavy (non-hydrogen) atoms. The number of nitrogens with zero attached hydrogens (tertiary/aromatic N) is 3. The number of anilines is 1. The van der Waals surface area contributed by atoms with Gasteiger partial charge in [0.05, 0.1) is 18.5 Å². The molecule has 0 unspecified atom stereocenters. The second-order valence-corrected chi connectivity index (χ2v) is 7.52. The van der Waals surface area contributed by atoms with Gasteiger partial charge in [-0.3, -0.25) is 0 Å². The van der Waals surface area contributed by atoms with Gasteiger partial charge in [-0.2, -0.15) is 0 Å². The number of rotatable bonds is 4. The molecule has 1 aliphatic heterocycles. The van der Waals surface area contributed by atoms with Crippen LogP contribution in [0.2, 0.25) is 5.02 Å². The third-order valence-corrected chi connectivity index (χ3v) is 5.65. The van der Waals surface area contributed by atoms with Gasteiger partial charge in [0.25, 0.3) is 0 Å². The Morgan fingerprint density at radius 1 is 0.964 bits per heavy atom. The summed E-state index contributed by atoms with van der Waals surface area (Å²) >= 11 is 6.52. The first-order valence-electron chi connectivity index (χ1n) is 9.41. The number of piperidine rings is 1. The second-order valence-electron chi connectivity index (χ2n) is 7.11. The highest BCUT2D eigenvalue weighted by Crippen LogP contribution is 2.36. The molecule has 1 atom stereocenters. The lowest BCUT2D eigenvalue weighted by molar-refractivity contribution is 0.0929. The Balaban J connectivity index is 1.44. The standard InChI is InChI=1S/C22H22ClN3O2/c23-20-12-17(15-4-2-1-3-5-15)6-7-19(20)21(28)16-8-10-26(11-9-16)22-24-13-18(27)14-25-22/h1-7,12-14,16,21,27-28H,8-11H2/t21-/m0/s1. The van der Waals surface area contributed by atoms with Crippen LogP contribution in [0.4, 0.5) is 5.95 Å². The lowest BCUT2D eigenvalue weighted by Gasteiger charge is -2.34. The summed E-state index contributed by atoms with van der Waals surface area (Å²) in [6, 6.07) is 15.9. The van der Waals surface area contributed by atoms with Gasteiger partial charge in [-0.15, -0.1) is 0 Å². The Hall–Kier alpha value is -2.63. The van der Waals surface area contributed by atoms with E-state index in [2.05, 4.69) is 14.9 Å². The number of aromatic hydroxyl groups is 1. The number of halogens is 1. The first-order valence-corrected chi connectivity index (χ1v) is 9.78. The van der Waals surface area contributed by atoms with Crippen molar-refractivity contribution in [3.8, 4) is 16.9 Å². The average molecular weight is 396 g/mol. The summed E-state index contributed by atoms with van der Waals surface area (Å²) in [4.78, 5) is 10.4. The molecule has 5 nitrogen and oxygen atoms in total. The van der Waals surface area contributed by atoms with Gasteiger partial charge in [-0.05, 0) is 41.5 Å². The first-order chi connectivity index (χ1) is 13.6. The van der Waals surface area contributed by atoms with Crippen molar-refractivity contribution >= 4 is 17.5 Å². The fourth-order valence-corrected chi connectivity index (χ4v) is 4.02. The molecule has 1 fully saturated rings. The Labute approximate surface area is 169 Å². The maximum absolute atomic E-state index is 10.9. The van der Waals surface area contributed by atoms with Crippen LogP contribution in [0.15, 0.2) is 60.9 Å². The van der Waals surface area contributed by atoms with E-state index in [1.165, 1.54) is 12.4 Å². The molecule has 0 aliphatic carbocycles. The molecule has 4 rings (SSSR count). The van der Waals surface area contributed by atoms with Gasteiger partial charge in [0.15, 0.2) is 5.75 Å². The van der Waals surface area contributed by atoms with Crippen LogP contribution in [0.5, 0.6) is 5.75 Å². The summed E-state index contributed by atoms with van der Waals surface area (Å²) in [6.07, 6.45) is 3.85. The minimum atomic E-state index is -0.597. The van der Waals surface area contributed by atoms with E-state index < -0.39 is 6.10 Å². The van der Waals surface area contributed by atoms with Crippen LogP contribution in [0.25, 0.3) is 11.1 Å². The summed E-state index contributed by atoms with van der Waals surface area (Å²) in [5, 5.41) is 20.8. The molecule has 1 saturated heterocycles. The molecule has 144 valence electrons. The van der Waals surface area contributed by atoms with Crippen LogP contribution in [0.1, 0.15) is 24.5 Å². The van der Waals surface area contributed by atoms with E-state index >= 15 is 0 Å². The van der Waals surface area contributed by atoms with E-state index in [-0.39, 0.29) is 11.7 Å². The Bertz CT molecular complexity index is 926. The maximum atomic E-state index is 10.9. The lowest BCUT2D eigenvalue weighted by atomic mass is 9.87. The fourth-order valence-electron chi connectivity index (χ4n) is 3.72. The number of aliphatic hydroxyl groups excluding tert-OH is 1.